The summed E-state index contributed by atoms with van der Waals surface area (Å²) >= 11 is 2.24. The van der Waals surface area contributed by atoms with E-state index >= 15 is 0 Å². The Labute approximate surface area is 85.1 Å². The fourth-order valence-electron chi connectivity index (χ4n) is 1.58. The van der Waals surface area contributed by atoms with E-state index in [1.165, 1.54) is 16.7 Å². The van der Waals surface area contributed by atoms with E-state index in [9.17, 15) is 0 Å². The van der Waals surface area contributed by atoms with Gasteiger partial charge in [-0.3, -0.25) is 0 Å². The van der Waals surface area contributed by atoms with Gasteiger partial charge in [0.15, 0.2) is 0 Å². The maximum atomic E-state index is 2.30. The zero-order valence-electron chi connectivity index (χ0n) is 7.17. The van der Waals surface area contributed by atoms with Gasteiger partial charge in [0, 0.05) is 0 Å². The van der Waals surface area contributed by atoms with E-state index in [0.717, 1.165) is 6.42 Å². The SMILES string of the molecule is CCc1ccc2c(c1)C=C[CH]2[Ti]. The van der Waals surface area contributed by atoms with Crippen molar-refractivity contribution in [3.63, 3.8) is 0 Å². The van der Waals surface area contributed by atoms with E-state index in [2.05, 4.69) is 57.7 Å². The Morgan fingerprint density at radius 1 is 1.42 bits per heavy atom. The summed E-state index contributed by atoms with van der Waals surface area (Å²) < 4.78 is 0.617. The van der Waals surface area contributed by atoms with Crippen LogP contribution >= 0.6 is 0 Å². The second-order valence-electron chi connectivity index (χ2n) is 3.15. The summed E-state index contributed by atoms with van der Waals surface area (Å²) in [6, 6.07) is 6.80. The number of hydrogen-bond donors (Lipinski definition) is 0. The Hall–Kier alpha value is -0.326. The Morgan fingerprint density at radius 3 is 3.00 bits per heavy atom. The third-order valence-electron chi connectivity index (χ3n) is 2.36. The van der Waals surface area contributed by atoms with Gasteiger partial charge in [-0.05, 0) is 0 Å². The maximum absolute atomic E-state index is 2.30. The molecule has 0 aliphatic heterocycles. The first-order valence-corrected chi connectivity index (χ1v) is 5.23. The number of allylic oxidation sites excluding steroid dienone is 1. The first-order valence-electron chi connectivity index (χ1n) is 4.33. The molecule has 0 radical (unpaired) electrons. The van der Waals surface area contributed by atoms with Crippen molar-refractivity contribution in [1.82, 2.24) is 0 Å². The third-order valence-corrected chi connectivity index (χ3v) is 3.15. The van der Waals surface area contributed by atoms with E-state index in [1.54, 1.807) is 0 Å². The molecule has 0 N–H and O–H groups in total. The Bertz CT molecular complexity index is 326. The Kier molecular flexibility index (Phi) is 2.21. The predicted octanol–water partition coefficient (Wildman–Crippen LogP) is 2.86. The molecule has 0 amide bonds. The molecule has 0 heterocycles. The minimum absolute atomic E-state index is 0.617. The normalized spacial score (nSPS) is 19.5. The molecule has 1 aliphatic rings. The molecule has 0 spiro atoms. The summed E-state index contributed by atoms with van der Waals surface area (Å²) in [5.41, 5.74) is 4.33. The average molecular weight is 191 g/mol. The molecule has 1 heteroatoms. The summed E-state index contributed by atoms with van der Waals surface area (Å²) in [7, 11) is 0. The summed E-state index contributed by atoms with van der Waals surface area (Å²) in [5.74, 6) is 0. The van der Waals surface area contributed by atoms with Crippen molar-refractivity contribution < 1.29 is 20.4 Å². The number of hydrogen-bond acceptors (Lipinski definition) is 0. The molecule has 0 aromatic heterocycles. The van der Waals surface area contributed by atoms with Crippen LogP contribution in [-0.4, -0.2) is 0 Å². The monoisotopic (exact) mass is 191 g/mol. The fourth-order valence-corrected chi connectivity index (χ4v) is 2.14. The van der Waals surface area contributed by atoms with Crippen molar-refractivity contribution in [3.05, 3.63) is 41.0 Å². The molecule has 12 heavy (non-hydrogen) atoms. The van der Waals surface area contributed by atoms with Crippen LogP contribution in [0.3, 0.4) is 0 Å². The van der Waals surface area contributed by atoms with Crippen LogP contribution in [0.4, 0.5) is 0 Å². The Balaban J connectivity index is 2.47. The second-order valence-corrected chi connectivity index (χ2v) is 4.12. The molecule has 1 unspecified atom stereocenters. The van der Waals surface area contributed by atoms with Gasteiger partial charge in [-0.1, -0.05) is 0 Å². The molecule has 0 nitrogen and oxygen atoms in total. The van der Waals surface area contributed by atoms with E-state index in [-0.39, 0.29) is 0 Å². The standard InChI is InChI=1S/C11H11.Ti/c1-2-9-6-7-10-4-3-5-11(10)8-9;/h3-8H,2H2,1H3;. The van der Waals surface area contributed by atoms with Crippen LogP contribution in [0.15, 0.2) is 24.3 Å². The van der Waals surface area contributed by atoms with Gasteiger partial charge in [0.1, 0.15) is 0 Å². The molecule has 1 aromatic carbocycles. The predicted molar refractivity (Wildman–Crippen MR) is 47.6 cm³/mol. The molecule has 1 aromatic rings. The molecule has 0 fully saturated rings. The molecular formula is C11H11Ti. The van der Waals surface area contributed by atoms with Crippen LogP contribution in [0.5, 0.6) is 0 Å². The molecule has 0 bridgehead atoms. The van der Waals surface area contributed by atoms with Crippen LogP contribution in [0.2, 0.25) is 0 Å². The van der Waals surface area contributed by atoms with Gasteiger partial charge in [-0.15, -0.1) is 0 Å². The molecule has 0 saturated heterocycles. The van der Waals surface area contributed by atoms with Crippen molar-refractivity contribution in [2.75, 3.05) is 0 Å². The molecule has 59 valence electrons. The average Bonchev–Trinajstić information content (AvgIpc) is 2.47. The van der Waals surface area contributed by atoms with Gasteiger partial charge >= 0.3 is 85.0 Å². The zero-order chi connectivity index (χ0) is 8.55. The number of benzene rings is 1. The first-order chi connectivity index (χ1) is 5.81. The van der Waals surface area contributed by atoms with Crippen molar-refractivity contribution in [3.8, 4) is 0 Å². The van der Waals surface area contributed by atoms with E-state index < -0.39 is 0 Å². The summed E-state index contributed by atoms with van der Waals surface area (Å²) in [6.07, 6.45) is 5.64. The van der Waals surface area contributed by atoms with Crippen LogP contribution in [-0.2, 0) is 26.9 Å². The van der Waals surface area contributed by atoms with Crippen molar-refractivity contribution in [2.24, 2.45) is 0 Å². The number of rotatable bonds is 1. The van der Waals surface area contributed by atoms with Gasteiger partial charge < -0.3 is 0 Å². The summed E-state index contributed by atoms with van der Waals surface area (Å²) in [6.45, 7) is 2.20. The third kappa shape index (κ3) is 1.30. The molecule has 1 aliphatic carbocycles. The van der Waals surface area contributed by atoms with E-state index in [1.807, 2.05) is 0 Å². The van der Waals surface area contributed by atoms with Gasteiger partial charge in [0.25, 0.3) is 0 Å². The van der Waals surface area contributed by atoms with Crippen molar-refractivity contribution in [2.45, 2.75) is 17.6 Å². The quantitative estimate of drug-likeness (QED) is 0.598. The fraction of sp³-hybridized carbons (Fsp3) is 0.273. The number of aryl methyl sites for hydroxylation is 1. The van der Waals surface area contributed by atoms with E-state index in [0.29, 0.717) is 4.22 Å². The van der Waals surface area contributed by atoms with Crippen LogP contribution in [0.25, 0.3) is 6.08 Å². The first kappa shape index (κ1) is 8.28. The topological polar surface area (TPSA) is 0 Å². The van der Waals surface area contributed by atoms with Crippen LogP contribution < -0.4 is 0 Å². The van der Waals surface area contributed by atoms with Gasteiger partial charge in [0.2, 0.25) is 0 Å². The van der Waals surface area contributed by atoms with E-state index in [4.69, 9.17) is 0 Å². The van der Waals surface area contributed by atoms with Gasteiger partial charge in [-0.2, -0.15) is 0 Å². The molecule has 1 atom stereocenters. The molecule has 2 rings (SSSR count). The second kappa shape index (κ2) is 3.20. The molecule has 0 saturated carbocycles. The summed E-state index contributed by atoms with van der Waals surface area (Å²) in [5, 5.41) is 0. The number of fused-ring (bicyclic) bond motifs is 1. The van der Waals surface area contributed by atoms with Crippen molar-refractivity contribution in [1.29, 1.82) is 0 Å². The molecular weight excluding hydrogens is 180 g/mol. The summed E-state index contributed by atoms with van der Waals surface area (Å²) in [4.78, 5) is 0. The Morgan fingerprint density at radius 2 is 2.25 bits per heavy atom. The zero-order valence-corrected chi connectivity index (χ0v) is 8.73. The van der Waals surface area contributed by atoms with Crippen molar-refractivity contribution >= 4 is 6.08 Å². The van der Waals surface area contributed by atoms with Gasteiger partial charge in [0.05, 0.1) is 0 Å². The van der Waals surface area contributed by atoms with Gasteiger partial charge in [-0.25, -0.2) is 0 Å². The van der Waals surface area contributed by atoms with Crippen LogP contribution in [0.1, 0.15) is 27.8 Å². The minimum atomic E-state index is 0.617. The van der Waals surface area contributed by atoms with Crippen LogP contribution in [0, 0.1) is 0 Å².